The van der Waals surface area contributed by atoms with Crippen molar-refractivity contribution in [1.82, 2.24) is 10.2 Å². The van der Waals surface area contributed by atoms with Gasteiger partial charge in [0.15, 0.2) is 6.61 Å². The molecule has 1 aliphatic carbocycles. The third-order valence-corrected chi connectivity index (χ3v) is 5.08. The second-order valence-electron chi connectivity index (χ2n) is 6.98. The van der Waals surface area contributed by atoms with Crippen molar-refractivity contribution in [3.63, 3.8) is 0 Å². The highest BCUT2D eigenvalue weighted by atomic mass is 16.5. The summed E-state index contributed by atoms with van der Waals surface area (Å²) in [6.45, 7) is 0.0812. The maximum atomic E-state index is 12.3. The number of hydrogen-bond donors (Lipinski definition) is 1. The van der Waals surface area contributed by atoms with Crippen LogP contribution in [0.4, 0.5) is 0 Å². The second-order valence-corrected chi connectivity index (χ2v) is 6.98. The van der Waals surface area contributed by atoms with Crippen LogP contribution in [-0.4, -0.2) is 48.3 Å². The van der Waals surface area contributed by atoms with Crippen LogP contribution in [0.25, 0.3) is 0 Å². The van der Waals surface area contributed by atoms with E-state index in [1.165, 1.54) is 0 Å². The lowest BCUT2D eigenvalue weighted by molar-refractivity contribution is -0.149. The summed E-state index contributed by atoms with van der Waals surface area (Å²) in [5.74, 6) is -2.02. The molecule has 0 unspecified atom stereocenters. The Balaban J connectivity index is 1.34. The van der Waals surface area contributed by atoms with Gasteiger partial charge < -0.3 is 10.1 Å². The number of hydrogen-bond acceptors (Lipinski definition) is 5. The molecule has 1 aliphatic heterocycles. The van der Waals surface area contributed by atoms with E-state index in [2.05, 4.69) is 5.32 Å². The van der Waals surface area contributed by atoms with Crippen molar-refractivity contribution >= 4 is 23.7 Å². The molecule has 148 valence electrons. The molecule has 7 nitrogen and oxygen atoms in total. The molecule has 1 heterocycles. The van der Waals surface area contributed by atoms with E-state index in [0.29, 0.717) is 25.8 Å². The molecule has 0 spiro atoms. The number of allylic oxidation sites excluding steroid dienone is 2. The molecule has 0 saturated carbocycles. The number of rotatable bonds is 8. The zero-order valence-corrected chi connectivity index (χ0v) is 15.6. The van der Waals surface area contributed by atoms with Gasteiger partial charge in [0.1, 0.15) is 0 Å². The lowest BCUT2D eigenvalue weighted by atomic mass is 9.85. The van der Waals surface area contributed by atoms with Crippen molar-refractivity contribution < 1.29 is 23.9 Å². The number of nitrogens with zero attached hydrogens (tertiary/aromatic N) is 1. The van der Waals surface area contributed by atoms with Gasteiger partial charge in [-0.15, -0.1) is 0 Å². The van der Waals surface area contributed by atoms with E-state index in [9.17, 15) is 19.2 Å². The molecule has 28 heavy (non-hydrogen) atoms. The number of amides is 3. The third-order valence-electron chi connectivity index (χ3n) is 5.08. The van der Waals surface area contributed by atoms with Crippen LogP contribution >= 0.6 is 0 Å². The molecule has 1 N–H and O–H groups in total. The van der Waals surface area contributed by atoms with Gasteiger partial charge in [-0.25, -0.2) is 0 Å². The van der Waals surface area contributed by atoms with Crippen LogP contribution in [0.2, 0.25) is 0 Å². The monoisotopic (exact) mass is 384 g/mol. The van der Waals surface area contributed by atoms with Gasteiger partial charge in [-0.05, 0) is 24.8 Å². The van der Waals surface area contributed by atoms with Crippen molar-refractivity contribution in [3.8, 4) is 0 Å². The highest BCUT2D eigenvalue weighted by molar-refractivity contribution is 6.05. The highest BCUT2D eigenvalue weighted by Crippen LogP contribution is 2.34. The van der Waals surface area contributed by atoms with Crippen molar-refractivity contribution in [1.29, 1.82) is 0 Å². The fourth-order valence-corrected chi connectivity index (χ4v) is 3.55. The van der Waals surface area contributed by atoms with E-state index < -0.39 is 5.97 Å². The van der Waals surface area contributed by atoms with Crippen molar-refractivity contribution in [2.75, 3.05) is 19.7 Å². The average molecular weight is 384 g/mol. The van der Waals surface area contributed by atoms with E-state index in [-0.39, 0.29) is 49.1 Å². The zero-order valence-electron chi connectivity index (χ0n) is 15.6. The first-order chi connectivity index (χ1) is 13.6. The molecule has 3 rings (SSSR count). The standard InChI is InChI=1S/C21H24N2O5/c24-18(22-12-10-15-6-2-1-3-7-15)14-28-19(25)11-13-23-20(26)16-8-4-5-9-17(16)21(23)27/h1-7,16-17H,8-14H2,(H,22,24)/t16-,17-/m1/s1. The summed E-state index contributed by atoms with van der Waals surface area (Å²) in [5, 5.41) is 2.69. The van der Waals surface area contributed by atoms with Gasteiger partial charge in [-0.3, -0.25) is 24.1 Å². The molecule has 1 aromatic rings. The summed E-state index contributed by atoms with van der Waals surface area (Å²) in [6.07, 6.45) is 5.55. The number of ether oxygens (including phenoxy) is 1. The molecule has 0 radical (unpaired) electrons. The van der Waals surface area contributed by atoms with Gasteiger partial charge in [0.25, 0.3) is 5.91 Å². The van der Waals surface area contributed by atoms with Gasteiger partial charge in [0.05, 0.1) is 18.3 Å². The highest BCUT2D eigenvalue weighted by Gasteiger charge is 2.46. The first-order valence-corrected chi connectivity index (χ1v) is 9.52. The van der Waals surface area contributed by atoms with Crippen LogP contribution in [0.3, 0.4) is 0 Å². The molecular weight excluding hydrogens is 360 g/mol. The normalized spacial score (nSPS) is 20.8. The minimum atomic E-state index is -0.605. The topological polar surface area (TPSA) is 92.8 Å². The Morgan fingerprint density at radius 2 is 1.68 bits per heavy atom. The maximum absolute atomic E-state index is 12.3. The molecular formula is C21H24N2O5. The molecule has 2 atom stereocenters. The Morgan fingerprint density at radius 3 is 2.32 bits per heavy atom. The summed E-state index contributed by atoms with van der Waals surface area (Å²) in [4.78, 5) is 49.4. The summed E-state index contributed by atoms with van der Waals surface area (Å²) in [7, 11) is 0. The minimum Gasteiger partial charge on any atom is -0.456 e. The summed E-state index contributed by atoms with van der Waals surface area (Å²) < 4.78 is 4.94. The smallest absolute Gasteiger partial charge is 0.308 e. The van der Waals surface area contributed by atoms with Crippen LogP contribution < -0.4 is 5.32 Å². The molecule has 1 aromatic carbocycles. The van der Waals surface area contributed by atoms with E-state index in [4.69, 9.17) is 4.74 Å². The number of imide groups is 1. The van der Waals surface area contributed by atoms with E-state index in [0.717, 1.165) is 10.5 Å². The number of benzene rings is 1. The van der Waals surface area contributed by atoms with Crippen LogP contribution in [0.1, 0.15) is 24.8 Å². The average Bonchev–Trinajstić information content (AvgIpc) is 2.96. The molecule has 7 heteroatoms. The van der Waals surface area contributed by atoms with Crippen LogP contribution in [0, 0.1) is 11.8 Å². The Kier molecular flexibility index (Phi) is 6.57. The van der Waals surface area contributed by atoms with Gasteiger partial charge in [0.2, 0.25) is 11.8 Å². The predicted octanol–water partition coefficient (Wildman–Crippen LogP) is 1.23. The number of likely N-dealkylation sites (tertiary alicyclic amines) is 1. The SMILES string of the molecule is O=C(COC(=O)CCN1C(=O)[C@@H]2CC=CC[C@H]2C1=O)NCCc1ccccc1. The molecule has 2 aliphatic rings. The second kappa shape index (κ2) is 9.30. The van der Waals surface area contributed by atoms with Gasteiger partial charge in [-0.2, -0.15) is 0 Å². The van der Waals surface area contributed by atoms with Gasteiger partial charge in [0, 0.05) is 13.1 Å². The number of fused-ring (bicyclic) bond motifs is 1. The van der Waals surface area contributed by atoms with Gasteiger partial charge in [-0.1, -0.05) is 42.5 Å². The largest absolute Gasteiger partial charge is 0.456 e. The fraction of sp³-hybridized carbons (Fsp3) is 0.429. The molecule has 3 amide bonds. The summed E-state index contributed by atoms with van der Waals surface area (Å²) in [5.41, 5.74) is 1.11. The van der Waals surface area contributed by atoms with Crippen molar-refractivity contribution in [3.05, 3.63) is 48.0 Å². The summed E-state index contributed by atoms with van der Waals surface area (Å²) in [6, 6.07) is 9.73. The van der Waals surface area contributed by atoms with E-state index in [1.807, 2.05) is 42.5 Å². The predicted molar refractivity (Wildman–Crippen MR) is 101 cm³/mol. The third kappa shape index (κ3) is 4.85. The van der Waals surface area contributed by atoms with E-state index in [1.54, 1.807) is 0 Å². The number of carbonyl (C=O) groups is 4. The minimum absolute atomic E-state index is 0.000867. The van der Waals surface area contributed by atoms with Gasteiger partial charge >= 0.3 is 5.97 Å². The van der Waals surface area contributed by atoms with E-state index >= 15 is 0 Å². The van der Waals surface area contributed by atoms with Crippen LogP contribution in [-0.2, 0) is 30.3 Å². The Hall–Kier alpha value is -2.96. The molecule has 1 fully saturated rings. The van der Waals surface area contributed by atoms with Crippen molar-refractivity contribution in [2.24, 2.45) is 11.8 Å². The molecule has 1 saturated heterocycles. The lowest BCUT2D eigenvalue weighted by Crippen LogP contribution is -2.34. The number of nitrogens with one attached hydrogen (secondary N) is 1. The van der Waals surface area contributed by atoms with Crippen molar-refractivity contribution in [2.45, 2.75) is 25.7 Å². The lowest BCUT2D eigenvalue weighted by Gasteiger charge is -2.14. The fourth-order valence-electron chi connectivity index (χ4n) is 3.55. The summed E-state index contributed by atoms with van der Waals surface area (Å²) >= 11 is 0. The first kappa shape index (κ1) is 19.8. The zero-order chi connectivity index (χ0) is 19.9. The Morgan fingerprint density at radius 1 is 1.04 bits per heavy atom. The Labute approximate surface area is 163 Å². The Bertz CT molecular complexity index is 748. The number of carbonyl (C=O) groups excluding carboxylic acids is 4. The van der Waals surface area contributed by atoms with Crippen LogP contribution in [0.15, 0.2) is 42.5 Å². The molecule has 0 aromatic heterocycles. The quantitative estimate of drug-likeness (QED) is 0.413. The first-order valence-electron chi connectivity index (χ1n) is 9.52. The molecule has 0 bridgehead atoms. The maximum Gasteiger partial charge on any atom is 0.308 e. The number of esters is 1. The van der Waals surface area contributed by atoms with Crippen LogP contribution in [0.5, 0.6) is 0 Å².